The summed E-state index contributed by atoms with van der Waals surface area (Å²) in [5, 5.41) is 8.98. The number of nitrogens with zero attached hydrogens (tertiary/aromatic N) is 2. The fourth-order valence-electron chi connectivity index (χ4n) is 1.94. The van der Waals surface area contributed by atoms with Gasteiger partial charge in [-0.05, 0) is 30.0 Å². The third-order valence-corrected chi connectivity index (χ3v) is 3.34. The van der Waals surface area contributed by atoms with Gasteiger partial charge in [0.05, 0.1) is 5.56 Å². The summed E-state index contributed by atoms with van der Waals surface area (Å²) in [6, 6.07) is 11.4. The molecule has 0 aliphatic heterocycles. The van der Waals surface area contributed by atoms with Crippen molar-refractivity contribution in [1.29, 1.82) is 5.26 Å². The molecule has 1 aromatic heterocycles. The molecular weight excluding hydrogens is 250 g/mol. The number of pyridine rings is 1. The maximum Gasteiger partial charge on any atom is 0.244 e. The predicted molar refractivity (Wildman–Crippen MR) is 78.6 cm³/mol. The van der Waals surface area contributed by atoms with Gasteiger partial charge in [0.25, 0.3) is 0 Å². The summed E-state index contributed by atoms with van der Waals surface area (Å²) in [5.41, 5.74) is 7.64. The molecule has 0 saturated carbocycles. The zero-order valence-electron chi connectivity index (χ0n) is 11.6. The first kappa shape index (κ1) is 13.9. The van der Waals surface area contributed by atoms with Crippen molar-refractivity contribution in [1.82, 2.24) is 4.98 Å². The van der Waals surface area contributed by atoms with Gasteiger partial charge >= 0.3 is 0 Å². The van der Waals surface area contributed by atoms with Gasteiger partial charge in [0, 0.05) is 6.20 Å². The third-order valence-electron chi connectivity index (χ3n) is 3.34. The normalized spacial score (nSPS) is 11.7. The van der Waals surface area contributed by atoms with E-state index in [2.05, 4.69) is 18.8 Å². The Morgan fingerprint density at radius 1 is 1.35 bits per heavy atom. The first-order valence-electron chi connectivity index (χ1n) is 6.58. The Bertz CT molecular complexity index is 646. The van der Waals surface area contributed by atoms with E-state index in [4.69, 9.17) is 15.7 Å². The molecule has 0 aliphatic rings. The van der Waals surface area contributed by atoms with Crippen molar-refractivity contribution in [3.63, 3.8) is 0 Å². The molecule has 2 N–H and O–H groups in total. The first-order valence-corrected chi connectivity index (χ1v) is 6.58. The summed E-state index contributed by atoms with van der Waals surface area (Å²) in [6.07, 6.45) is 2.54. The molecule has 0 radical (unpaired) electrons. The second-order valence-electron chi connectivity index (χ2n) is 4.64. The molecule has 1 aromatic carbocycles. The molecule has 4 nitrogen and oxygen atoms in total. The summed E-state index contributed by atoms with van der Waals surface area (Å²) in [6.45, 7) is 4.27. The van der Waals surface area contributed by atoms with Gasteiger partial charge in [0.2, 0.25) is 5.88 Å². The van der Waals surface area contributed by atoms with Crippen LogP contribution in [0.1, 0.15) is 37.3 Å². The van der Waals surface area contributed by atoms with Crippen LogP contribution in [0.4, 0.5) is 5.69 Å². The first-order chi connectivity index (χ1) is 9.67. The number of ether oxygens (including phenoxy) is 1. The quantitative estimate of drug-likeness (QED) is 0.913. The number of rotatable bonds is 4. The van der Waals surface area contributed by atoms with Gasteiger partial charge in [0.1, 0.15) is 17.5 Å². The Morgan fingerprint density at radius 3 is 2.80 bits per heavy atom. The number of hydrogen-bond acceptors (Lipinski definition) is 4. The minimum atomic E-state index is 0.272. The second kappa shape index (κ2) is 6.07. The molecule has 0 saturated heterocycles. The molecule has 0 bridgehead atoms. The Hall–Kier alpha value is -2.54. The standard InChI is InChI=1S/C16H17N3O/c1-3-11(2)13-6-4-5-7-14(13)20-16-15(18)12(10-17)8-9-19-16/h4-9,11H,3,18H2,1-2H3. The molecule has 0 aliphatic carbocycles. The van der Waals surface area contributed by atoms with Crippen molar-refractivity contribution < 1.29 is 4.74 Å². The van der Waals surface area contributed by atoms with Crippen LogP contribution in [0.5, 0.6) is 11.6 Å². The monoisotopic (exact) mass is 267 g/mol. The van der Waals surface area contributed by atoms with Gasteiger partial charge in [-0.25, -0.2) is 4.98 Å². The highest BCUT2D eigenvalue weighted by molar-refractivity contribution is 5.61. The molecule has 1 unspecified atom stereocenters. The van der Waals surface area contributed by atoms with Crippen molar-refractivity contribution in [3.05, 3.63) is 47.7 Å². The largest absolute Gasteiger partial charge is 0.437 e. The van der Waals surface area contributed by atoms with E-state index in [1.54, 1.807) is 6.07 Å². The summed E-state index contributed by atoms with van der Waals surface area (Å²) >= 11 is 0. The van der Waals surface area contributed by atoms with Crippen LogP contribution in [-0.2, 0) is 0 Å². The average Bonchev–Trinajstić information content (AvgIpc) is 2.49. The highest BCUT2D eigenvalue weighted by Gasteiger charge is 2.13. The lowest BCUT2D eigenvalue weighted by atomic mass is 9.98. The number of aromatic nitrogens is 1. The summed E-state index contributed by atoms with van der Waals surface area (Å²) < 4.78 is 5.82. The molecule has 0 amide bonds. The SMILES string of the molecule is CCC(C)c1ccccc1Oc1nccc(C#N)c1N. The van der Waals surface area contributed by atoms with E-state index in [9.17, 15) is 0 Å². The number of hydrogen-bond donors (Lipinski definition) is 1. The Labute approximate surface area is 118 Å². The maximum atomic E-state index is 8.98. The lowest BCUT2D eigenvalue weighted by Crippen LogP contribution is -2.01. The number of nitrogen functional groups attached to an aromatic ring is 1. The Balaban J connectivity index is 2.39. The van der Waals surface area contributed by atoms with Gasteiger partial charge in [-0.3, -0.25) is 0 Å². The van der Waals surface area contributed by atoms with E-state index in [0.717, 1.165) is 17.7 Å². The van der Waals surface area contributed by atoms with Gasteiger partial charge in [-0.15, -0.1) is 0 Å². The highest BCUT2D eigenvalue weighted by atomic mass is 16.5. The van der Waals surface area contributed by atoms with Gasteiger partial charge in [-0.2, -0.15) is 5.26 Å². The topological polar surface area (TPSA) is 71.9 Å². The molecule has 2 aromatic rings. The molecule has 102 valence electrons. The molecule has 4 heteroatoms. The van der Waals surface area contributed by atoms with Crippen molar-refractivity contribution >= 4 is 5.69 Å². The van der Waals surface area contributed by atoms with Gasteiger partial charge in [0.15, 0.2) is 0 Å². The van der Waals surface area contributed by atoms with Crippen molar-refractivity contribution in [3.8, 4) is 17.7 Å². The number of nitriles is 1. The van der Waals surface area contributed by atoms with E-state index < -0.39 is 0 Å². The number of nitrogens with two attached hydrogens (primary N) is 1. The van der Waals surface area contributed by atoms with E-state index in [-0.39, 0.29) is 11.6 Å². The maximum absolute atomic E-state index is 8.98. The van der Waals surface area contributed by atoms with E-state index in [1.807, 2.05) is 30.3 Å². The van der Waals surface area contributed by atoms with Crippen LogP contribution in [0.3, 0.4) is 0 Å². The molecule has 1 heterocycles. The number of anilines is 1. The van der Waals surface area contributed by atoms with Crippen LogP contribution in [0.2, 0.25) is 0 Å². The van der Waals surface area contributed by atoms with Crippen LogP contribution in [0, 0.1) is 11.3 Å². The van der Waals surface area contributed by atoms with E-state index in [1.165, 1.54) is 6.20 Å². The van der Waals surface area contributed by atoms with Gasteiger partial charge < -0.3 is 10.5 Å². The number of benzene rings is 1. The van der Waals surface area contributed by atoms with Crippen molar-refractivity contribution in [2.24, 2.45) is 0 Å². The Kier molecular flexibility index (Phi) is 4.21. The van der Waals surface area contributed by atoms with E-state index in [0.29, 0.717) is 11.5 Å². The van der Waals surface area contributed by atoms with Crippen LogP contribution >= 0.6 is 0 Å². The van der Waals surface area contributed by atoms with Crippen LogP contribution in [-0.4, -0.2) is 4.98 Å². The molecule has 1 atom stereocenters. The van der Waals surface area contributed by atoms with E-state index >= 15 is 0 Å². The lowest BCUT2D eigenvalue weighted by Gasteiger charge is -2.15. The summed E-state index contributed by atoms with van der Waals surface area (Å²) in [4.78, 5) is 4.11. The zero-order valence-corrected chi connectivity index (χ0v) is 11.6. The average molecular weight is 267 g/mol. The smallest absolute Gasteiger partial charge is 0.244 e. The summed E-state index contributed by atoms with van der Waals surface area (Å²) in [7, 11) is 0. The van der Waals surface area contributed by atoms with Crippen LogP contribution < -0.4 is 10.5 Å². The molecule has 0 fully saturated rings. The molecule has 0 spiro atoms. The minimum absolute atomic E-state index is 0.272. The van der Waals surface area contributed by atoms with Crippen LogP contribution in [0.15, 0.2) is 36.5 Å². The summed E-state index contributed by atoms with van der Waals surface area (Å²) in [5.74, 6) is 1.39. The van der Waals surface area contributed by atoms with Gasteiger partial charge in [-0.1, -0.05) is 32.0 Å². The highest BCUT2D eigenvalue weighted by Crippen LogP contribution is 2.33. The second-order valence-corrected chi connectivity index (χ2v) is 4.64. The minimum Gasteiger partial charge on any atom is -0.437 e. The van der Waals surface area contributed by atoms with Crippen LogP contribution in [0.25, 0.3) is 0 Å². The molecular formula is C16H17N3O. The predicted octanol–water partition coefficient (Wildman–Crippen LogP) is 3.84. The lowest BCUT2D eigenvalue weighted by molar-refractivity contribution is 0.454. The third kappa shape index (κ3) is 2.72. The fraction of sp³-hybridized carbons (Fsp3) is 0.250. The van der Waals surface area contributed by atoms with Crippen molar-refractivity contribution in [2.45, 2.75) is 26.2 Å². The van der Waals surface area contributed by atoms with Crippen molar-refractivity contribution in [2.75, 3.05) is 5.73 Å². The zero-order chi connectivity index (χ0) is 14.5. The number of para-hydroxylation sites is 1. The fourth-order valence-corrected chi connectivity index (χ4v) is 1.94. The molecule has 2 rings (SSSR count). The molecule has 20 heavy (non-hydrogen) atoms. The Morgan fingerprint density at radius 2 is 2.10 bits per heavy atom.